The highest BCUT2D eigenvalue weighted by Crippen LogP contribution is 2.25. The van der Waals surface area contributed by atoms with Gasteiger partial charge >= 0.3 is 5.97 Å². The molecule has 0 atom stereocenters. The molecule has 3 aromatic rings. The molecule has 2 aromatic carbocycles. The van der Waals surface area contributed by atoms with Gasteiger partial charge in [0.15, 0.2) is 0 Å². The Labute approximate surface area is 152 Å². The molecule has 1 aromatic heterocycles. The van der Waals surface area contributed by atoms with E-state index in [1.54, 1.807) is 0 Å². The third-order valence-corrected chi connectivity index (χ3v) is 4.13. The molecular weight excluding hydrogens is 330 g/mol. The summed E-state index contributed by atoms with van der Waals surface area (Å²) in [6.45, 7) is 4.62. The lowest BCUT2D eigenvalue weighted by molar-refractivity contribution is 0.0596. The lowest BCUT2D eigenvalue weighted by Gasteiger charge is -2.14. The smallest absolute Gasteiger partial charge is 0.340 e. The van der Waals surface area contributed by atoms with Gasteiger partial charge in [0.2, 0.25) is 0 Å². The predicted octanol–water partition coefficient (Wildman–Crippen LogP) is 4.31. The molecule has 0 aliphatic rings. The zero-order chi connectivity index (χ0) is 18.5. The number of aryl methyl sites for hydroxylation is 1. The van der Waals surface area contributed by atoms with E-state index in [0.29, 0.717) is 23.6 Å². The summed E-state index contributed by atoms with van der Waals surface area (Å²) < 4.78 is 16.2. The van der Waals surface area contributed by atoms with Crippen LogP contribution in [0.3, 0.4) is 0 Å². The average Bonchev–Trinajstić information content (AvgIpc) is 2.67. The van der Waals surface area contributed by atoms with Crippen molar-refractivity contribution in [2.75, 3.05) is 13.7 Å². The summed E-state index contributed by atoms with van der Waals surface area (Å²) in [4.78, 5) is 16.9. The molecule has 0 saturated carbocycles. The first-order chi connectivity index (χ1) is 12.6. The molecule has 0 saturated heterocycles. The van der Waals surface area contributed by atoms with Gasteiger partial charge in [0.1, 0.15) is 18.1 Å². The van der Waals surface area contributed by atoms with Crippen LogP contribution in [0.25, 0.3) is 10.9 Å². The Morgan fingerprint density at radius 3 is 2.31 bits per heavy atom. The quantitative estimate of drug-likeness (QED) is 0.620. The normalized spacial score (nSPS) is 10.6. The van der Waals surface area contributed by atoms with Crippen molar-refractivity contribution in [2.45, 2.75) is 20.5 Å². The summed E-state index contributed by atoms with van der Waals surface area (Å²) >= 11 is 0. The predicted molar refractivity (Wildman–Crippen MR) is 99.8 cm³/mol. The zero-order valence-electron chi connectivity index (χ0n) is 15.1. The molecule has 5 nitrogen and oxygen atoms in total. The molecule has 134 valence electrons. The molecule has 0 radical (unpaired) electrons. The van der Waals surface area contributed by atoms with Crippen LogP contribution in [0.2, 0.25) is 0 Å². The fraction of sp³-hybridized carbons (Fsp3) is 0.238. The maximum Gasteiger partial charge on any atom is 0.340 e. The Kier molecular flexibility index (Phi) is 5.37. The monoisotopic (exact) mass is 351 g/mol. The van der Waals surface area contributed by atoms with Crippen LogP contribution in [-0.2, 0) is 11.3 Å². The summed E-state index contributed by atoms with van der Waals surface area (Å²) in [5.74, 6) is 1.05. The van der Waals surface area contributed by atoms with Gasteiger partial charge in [-0.2, -0.15) is 0 Å². The number of pyridine rings is 1. The van der Waals surface area contributed by atoms with Crippen LogP contribution in [0.15, 0.2) is 48.5 Å². The van der Waals surface area contributed by atoms with E-state index in [4.69, 9.17) is 14.2 Å². The van der Waals surface area contributed by atoms with Gasteiger partial charge in [-0.15, -0.1) is 0 Å². The number of benzene rings is 2. The summed E-state index contributed by atoms with van der Waals surface area (Å²) in [6, 6.07) is 15.1. The van der Waals surface area contributed by atoms with Crippen LogP contribution < -0.4 is 9.47 Å². The number of rotatable bonds is 6. The first-order valence-corrected chi connectivity index (χ1v) is 8.46. The first-order valence-electron chi connectivity index (χ1n) is 8.46. The summed E-state index contributed by atoms with van der Waals surface area (Å²) in [6.07, 6.45) is 0. The van der Waals surface area contributed by atoms with E-state index >= 15 is 0 Å². The lowest BCUT2D eigenvalue weighted by Crippen LogP contribution is -2.13. The Morgan fingerprint density at radius 2 is 1.65 bits per heavy atom. The summed E-state index contributed by atoms with van der Waals surface area (Å²) in [5.41, 5.74) is 2.68. The van der Waals surface area contributed by atoms with Gasteiger partial charge in [0.25, 0.3) is 0 Å². The topological polar surface area (TPSA) is 57.7 Å². The molecule has 0 aliphatic carbocycles. The standard InChI is InChI=1S/C21H21NO4/c1-4-25-15-9-11-16(12-10-15)26-13-19-20(21(23)24-3)14(2)17-7-5-6-8-18(17)22-19/h5-12H,4,13H2,1-3H3. The number of aromatic nitrogens is 1. The van der Waals surface area contributed by atoms with Gasteiger partial charge in [0, 0.05) is 5.39 Å². The van der Waals surface area contributed by atoms with Crippen LogP contribution in [-0.4, -0.2) is 24.7 Å². The number of fused-ring (bicyclic) bond motifs is 1. The fourth-order valence-electron chi connectivity index (χ4n) is 2.87. The van der Waals surface area contributed by atoms with E-state index in [-0.39, 0.29) is 6.61 Å². The largest absolute Gasteiger partial charge is 0.494 e. The Balaban J connectivity index is 1.91. The van der Waals surface area contributed by atoms with Crippen molar-refractivity contribution in [3.63, 3.8) is 0 Å². The van der Waals surface area contributed by atoms with Crippen LogP contribution in [0.4, 0.5) is 0 Å². The van der Waals surface area contributed by atoms with E-state index in [0.717, 1.165) is 22.2 Å². The Hall–Kier alpha value is -3.08. The van der Waals surface area contributed by atoms with Crippen LogP contribution in [0.1, 0.15) is 28.5 Å². The fourth-order valence-corrected chi connectivity index (χ4v) is 2.87. The summed E-state index contributed by atoms with van der Waals surface area (Å²) in [5, 5.41) is 0.928. The number of para-hydroxylation sites is 1. The third kappa shape index (κ3) is 3.61. The SMILES string of the molecule is CCOc1ccc(OCc2nc3ccccc3c(C)c2C(=O)OC)cc1. The molecule has 1 heterocycles. The van der Waals surface area contributed by atoms with E-state index in [1.807, 2.05) is 62.4 Å². The van der Waals surface area contributed by atoms with Gasteiger partial charge in [-0.25, -0.2) is 9.78 Å². The van der Waals surface area contributed by atoms with E-state index in [2.05, 4.69) is 4.98 Å². The third-order valence-electron chi connectivity index (χ3n) is 4.13. The number of esters is 1. The second-order valence-corrected chi connectivity index (χ2v) is 5.76. The van der Waals surface area contributed by atoms with Crippen molar-refractivity contribution in [3.05, 3.63) is 65.4 Å². The van der Waals surface area contributed by atoms with Crippen LogP contribution in [0, 0.1) is 6.92 Å². The zero-order valence-corrected chi connectivity index (χ0v) is 15.1. The Morgan fingerprint density at radius 1 is 1.00 bits per heavy atom. The van der Waals surface area contributed by atoms with Gasteiger partial charge in [-0.3, -0.25) is 0 Å². The molecule has 0 aliphatic heterocycles. The number of nitrogens with zero attached hydrogens (tertiary/aromatic N) is 1. The second-order valence-electron chi connectivity index (χ2n) is 5.76. The minimum absolute atomic E-state index is 0.171. The van der Waals surface area contributed by atoms with Crippen molar-refractivity contribution in [2.24, 2.45) is 0 Å². The minimum atomic E-state index is -0.411. The lowest BCUT2D eigenvalue weighted by atomic mass is 10.0. The number of carbonyl (C=O) groups is 1. The molecule has 3 rings (SSSR count). The van der Waals surface area contributed by atoms with Crippen molar-refractivity contribution in [1.82, 2.24) is 4.98 Å². The molecule has 0 amide bonds. The van der Waals surface area contributed by atoms with E-state index in [9.17, 15) is 4.79 Å². The molecule has 0 spiro atoms. The number of hydrogen-bond donors (Lipinski definition) is 0. The maximum absolute atomic E-state index is 12.3. The highest BCUT2D eigenvalue weighted by atomic mass is 16.5. The van der Waals surface area contributed by atoms with Crippen LogP contribution >= 0.6 is 0 Å². The number of ether oxygens (including phenoxy) is 3. The average molecular weight is 351 g/mol. The number of methoxy groups -OCH3 is 1. The van der Waals surface area contributed by atoms with Crippen molar-refractivity contribution < 1.29 is 19.0 Å². The molecule has 0 unspecified atom stereocenters. The second kappa shape index (κ2) is 7.87. The molecular formula is C21H21NO4. The summed E-state index contributed by atoms with van der Waals surface area (Å²) in [7, 11) is 1.37. The van der Waals surface area contributed by atoms with Crippen molar-refractivity contribution >= 4 is 16.9 Å². The van der Waals surface area contributed by atoms with Gasteiger partial charge in [-0.05, 0) is 49.7 Å². The van der Waals surface area contributed by atoms with Gasteiger partial charge in [0.05, 0.1) is 30.5 Å². The van der Waals surface area contributed by atoms with Gasteiger partial charge < -0.3 is 14.2 Å². The highest BCUT2D eigenvalue weighted by Gasteiger charge is 2.19. The maximum atomic E-state index is 12.3. The number of carbonyl (C=O) groups excluding carboxylic acids is 1. The molecule has 0 N–H and O–H groups in total. The van der Waals surface area contributed by atoms with Crippen LogP contribution in [0.5, 0.6) is 11.5 Å². The molecule has 0 fully saturated rings. The van der Waals surface area contributed by atoms with Gasteiger partial charge in [-0.1, -0.05) is 18.2 Å². The van der Waals surface area contributed by atoms with E-state index < -0.39 is 5.97 Å². The minimum Gasteiger partial charge on any atom is -0.494 e. The highest BCUT2D eigenvalue weighted by molar-refractivity contribution is 5.98. The first kappa shape index (κ1) is 17.7. The van der Waals surface area contributed by atoms with Crippen molar-refractivity contribution in [3.8, 4) is 11.5 Å². The van der Waals surface area contributed by atoms with Crippen molar-refractivity contribution in [1.29, 1.82) is 0 Å². The Bertz CT molecular complexity index is 919. The molecule has 0 bridgehead atoms. The molecule has 5 heteroatoms. The molecule has 26 heavy (non-hydrogen) atoms. The van der Waals surface area contributed by atoms with E-state index in [1.165, 1.54) is 7.11 Å². The number of hydrogen-bond acceptors (Lipinski definition) is 5.